The number of carbonyl (C=O) groups excluding carboxylic acids is 2. The molecule has 1 aromatic carbocycles. The smallest absolute Gasteiger partial charge is 0.223 e. The van der Waals surface area contributed by atoms with E-state index in [2.05, 4.69) is 5.32 Å². The summed E-state index contributed by atoms with van der Waals surface area (Å²) in [5.41, 5.74) is 1.47. The van der Waals surface area contributed by atoms with Gasteiger partial charge in [0.2, 0.25) is 5.91 Å². The minimum absolute atomic E-state index is 0.00844. The average molecular weight is 359 g/mol. The first-order valence-electron chi connectivity index (χ1n) is 8.39. The van der Waals surface area contributed by atoms with Crippen molar-refractivity contribution in [2.75, 3.05) is 6.54 Å². The Morgan fingerprint density at radius 1 is 1.32 bits per heavy atom. The fourth-order valence-corrected chi connectivity index (χ4v) is 3.98. The maximum absolute atomic E-state index is 14.0. The van der Waals surface area contributed by atoms with Crippen LogP contribution < -0.4 is 10.1 Å². The van der Waals surface area contributed by atoms with Crippen LogP contribution in [0.15, 0.2) is 24.3 Å². The van der Waals surface area contributed by atoms with Crippen molar-refractivity contribution in [1.29, 1.82) is 0 Å². The van der Waals surface area contributed by atoms with Crippen LogP contribution in [0, 0.1) is 11.7 Å². The van der Waals surface area contributed by atoms with Crippen molar-refractivity contribution in [2.24, 2.45) is 5.92 Å². The molecule has 2 heterocycles. The lowest BCUT2D eigenvalue weighted by atomic mass is 10.0. The highest BCUT2D eigenvalue weighted by molar-refractivity contribution is 7.17. The molecule has 1 aliphatic carbocycles. The first-order valence-corrected chi connectivity index (χ1v) is 9.21. The van der Waals surface area contributed by atoms with Gasteiger partial charge in [0.1, 0.15) is 17.7 Å². The monoisotopic (exact) mass is 359 g/mol. The molecule has 1 atom stereocenters. The van der Waals surface area contributed by atoms with Gasteiger partial charge in [0.05, 0.1) is 11.4 Å². The van der Waals surface area contributed by atoms with E-state index in [1.807, 2.05) is 6.07 Å². The molecule has 0 bridgehead atoms. The lowest BCUT2D eigenvalue weighted by molar-refractivity contribution is -0.122. The van der Waals surface area contributed by atoms with Gasteiger partial charge in [-0.1, -0.05) is 0 Å². The van der Waals surface area contributed by atoms with Crippen molar-refractivity contribution < 1.29 is 18.7 Å². The molecule has 4 rings (SSSR count). The zero-order chi connectivity index (χ0) is 17.6. The lowest BCUT2D eigenvalue weighted by Crippen LogP contribution is -2.35. The Hall–Kier alpha value is -2.21. The van der Waals surface area contributed by atoms with E-state index < -0.39 is 0 Å². The number of benzene rings is 1. The Morgan fingerprint density at radius 3 is 2.80 bits per heavy atom. The van der Waals surface area contributed by atoms with Crippen molar-refractivity contribution in [3.63, 3.8) is 0 Å². The number of hydrogen-bond donors (Lipinski definition) is 1. The second-order valence-corrected chi connectivity index (χ2v) is 7.71. The summed E-state index contributed by atoms with van der Waals surface area (Å²) in [6.45, 7) is 1.94. The van der Waals surface area contributed by atoms with Crippen LogP contribution in [0.1, 0.15) is 35.0 Å². The van der Waals surface area contributed by atoms with Gasteiger partial charge in [-0.15, -0.1) is 11.3 Å². The quantitative estimate of drug-likeness (QED) is 0.830. The van der Waals surface area contributed by atoms with E-state index in [0.29, 0.717) is 29.2 Å². The van der Waals surface area contributed by atoms with Gasteiger partial charge in [-0.25, -0.2) is 4.39 Å². The molecule has 1 aliphatic heterocycles. The highest BCUT2D eigenvalue weighted by atomic mass is 32.1. The third kappa shape index (κ3) is 3.31. The van der Waals surface area contributed by atoms with Crippen LogP contribution in [0.3, 0.4) is 0 Å². The molecule has 130 valence electrons. The fourth-order valence-electron chi connectivity index (χ4n) is 3.07. The summed E-state index contributed by atoms with van der Waals surface area (Å²) in [7, 11) is 0. The Kier molecular flexibility index (Phi) is 4.07. The highest BCUT2D eigenvalue weighted by Crippen LogP contribution is 2.42. The van der Waals surface area contributed by atoms with Gasteiger partial charge < -0.3 is 10.1 Å². The Labute approximate surface area is 149 Å². The van der Waals surface area contributed by atoms with Crippen molar-refractivity contribution in [2.45, 2.75) is 32.3 Å². The van der Waals surface area contributed by atoms with E-state index in [0.717, 1.165) is 23.3 Å². The summed E-state index contributed by atoms with van der Waals surface area (Å²) in [5, 5.41) is 2.91. The third-order valence-corrected chi connectivity index (χ3v) is 5.75. The van der Waals surface area contributed by atoms with Crippen molar-refractivity contribution >= 4 is 23.0 Å². The fraction of sp³-hybridized carbons (Fsp3) is 0.368. The number of halogens is 1. The molecule has 0 unspecified atom stereocenters. The normalized spacial score (nSPS) is 18.6. The lowest BCUT2D eigenvalue weighted by Gasteiger charge is -2.13. The van der Waals surface area contributed by atoms with E-state index in [1.54, 1.807) is 6.07 Å². The molecule has 1 fully saturated rings. The summed E-state index contributed by atoms with van der Waals surface area (Å²) < 4.78 is 20.0. The van der Waals surface area contributed by atoms with Crippen molar-refractivity contribution in [1.82, 2.24) is 5.32 Å². The molecule has 25 heavy (non-hydrogen) atoms. The van der Waals surface area contributed by atoms with Crippen molar-refractivity contribution in [3.05, 3.63) is 40.5 Å². The van der Waals surface area contributed by atoms with Gasteiger partial charge in [-0.2, -0.15) is 0 Å². The van der Waals surface area contributed by atoms with Gasteiger partial charge in [-0.05, 0) is 44.0 Å². The first-order chi connectivity index (χ1) is 12.0. The summed E-state index contributed by atoms with van der Waals surface area (Å²) in [6.07, 6.45) is 2.30. The molecule has 1 N–H and O–H groups in total. The Bertz CT molecular complexity index is 856. The van der Waals surface area contributed by atoms with E-state index in [1.165, 1.54) is 30.4 Å². The third-order valence-electron chi connectivity index (χ3n) is 4.53. The SMILES string of the molecule is CC(=O)c1ccc(-c2cc(F)cc3c2O[C@H](CNC(=O)C2CC2)C3)s1. The molecule has 6 heteroatoms. The molecule has 0 radical (unpaired) electrons. The van der Waals surface area contributed by atoms with Crippen LogP contribution >= 0.6 is 11.3 Å². The Balaban J connectivity index is 1.55. The second kappa shape index (κ2) is 6.26. The first kappa shape index (κ1) is 16.3. The van der Waals surface area contributed by atoms with Crippen LogP contribution in [0.4, 0.5) is 4.39 Å². The number of Topliss-reactive ketones (excluding diaryl/α,β-unsaturated/α-hetero) is 1. The maximum atomic E-state index is 14.0. The van der Waals surface area contributed by atoms with E-state index >= 15 is 0 Å². The molecule has 2 aliphatic rings. The van der Waals surface area contributed by atoms with Crippen LogP contribution in [0.25, 0.3) is 10.4 Å². The van der Waals surface area contributed by atoms with Crippen LogP contribution in [-0.2, 0) is 11.2 Å². The van der Waals surface area contributed by atoms with Crippen LogP contribution in [-0.4, -0.2) is 24.3 Å². The maximum Gasteiger partial charge on any atom is 0.223 e. The molecule has 4 nitrogen and oxygen atoms in total. The Morgan fingerprint density at radius 2 is 2.12 bits per heavy atom. The van der Waals surface area contributed by atoms with E-state index in [9.17, 15) is 14.0 Å². The van der Waals surface area contributed by atoms with Gasteiger partial charge in [0, 0.05) is 28.3 Å². The van der Waals surface area contributed by atoms with Crippen LogP contribution in [0.5, 0.6) is 5.75 Å². The predicted molar refractivity (Wildman–Crippen MR) is 93.6 cm³/mol. The number of thiophene rings is 1. The van der Waals surface area contributed by atoms with Crippen LogP contribution in [0.2, 0.25) is 0 Å². The molecule has 0 saturated heterocycles. The minimum atomic E-state index is -0.321. The molecular formula is C19H18FNO3S. The number of ether oxygens (including phenoxy) is 1. The molecular weight excluding hydrogens is 341 g/mol. The van der Waals surface area contributed by atoms with Gasteiger partial charge in [-0.3, -0.25) is 9.59 Å². The number of rotatable bonds is 5. The standard InChI is InChI=1S/C19H18FNO3S/c1-10(22)16-4-5-17(25-16)15-8-13(20)6-12-7-14(24-18(12)15)9-21-19(23)11-2-3-11/h4-6,8,11,14H,2-3,7,9H2,1H3,(H,21,23)/t14-/m0/s1. The summed E-state index contributed by atoms with van der Waals surface area (Å²) >= 11 is 1.33. The largest absolute Gasteiger partial charge is 0.487 e. The van der Waals surface area contributed by atoms with Gasteiger partial charge in [0.25, 0.3) is 0 Å². The predicted octanol–water partition coefficient (Wildman–Crippen LogP) is 3.59. The summed E-state index contributed by atoms with van der Waals surface area (Å²) in [5.74, 6) is 0.566. The topological polar surface area (TPSA) is 55.4 Å². The molecule has 1 saturated carbocycles. The number of amides is 1. The van der Waals surface area contributed by atoms with Crippen molar-refractivity contribution in [3.8, 4) is 16.2 Å². The van der Waals surface area contributed by atoms with E-state index in [-0.39, 0.29) is 29.5 Å². The molecule has 1 aromatic heterocycles. The zero-order valence-corrected chi connectivity index (χ0v) is 14.6. The zero-order valence-electron chi connectivity index (χ0n) is 13.8. The number of hydrogen-bond acceptors (Lipinski definition) is 4. The van der Waals surface area contributed by atoms with Gasteiger partial charge >= 0.3 is 0 Å². The summed E-state index contributed by atoms with van der Waals surface area (Å²) in [6, 6.07) is 6.50. The molecule has 2 aromatic rings. The number of nitrogens with one attached hydrogen (secondary N) is 1. The minimum Gasteiger partial charge on any atom is -0.487 e. The summed E-state index contributed by atoms with van der Waals surface area (Å²) in [4.78, 5) is 24.8. The average Bonchev–Trinajstić information content (AvgIpc) is 3.16. The molecule has 1 amide bonds. The highest BCUT2D eigenvalue weighted by Gasteiger charge is 2.32. The molecule has 0 spiro atoms. The second-order valence-electron chi connectivity index (χ2n) is 6.63. The number of carbonyl (C=O) groups is 2. The number of ketones is 1. The van der Waals surface area contributed by atoms with E-state index in [4.69, 9.17) is 4.74 Å². The number of fused-ring (bicyclic) bond motifs is 1. The van der Waals surface area contributed by atoms with Gasteiger partial charge in [0.15, 0.2) is 5.78 Å².